The predicted molar refractivity (Wildman–Crippen MR) is 86.9 cm³/mol. The minimum Gasteiger partial charge on any atom is -0.448 e. The molecule has 3 rings (SSSR count). The zero-order chi connectivity index (χ0) is 15.7. The SMILES string of the molecule is Cc1cc(Br)ccc1NC(=O)[C@H]1Cc2ccccc2C(=O)O1. The summed E-state index contributed by atoms with van der Waals surface area (Å²) in [5.41, 5.74) is 3.02. The predicted octanol–water partition coefficient (Wildman–Crippen LogP) is 3.48. The van der Waals surface area contributed by atoms with Gasteiger partial charge in [-0.2, -0.15) is 0 Å². The fourth-order valence-electron chi connectivity index (χ4n) is 2.46. The van der Waals surface area contributed by atoms with E-state index in [1.807, 2.05) is 37.3 Å². The lowest BCUT2D eigenvalue weighted by molar-refractivity contribution is -0.125. The molecular formula is C17H14BrNO3. The molecule has 1 N–H and O–H groups in total. The van der Waals surface area contributed by atoms with E-state index in [9.17, 15) is 9.59 Å². The fourth-order valence-corrected chi connectivity index (χ4v) is 2.93. The molecule has 4 nitrogen and oxygen atoms in total. The summed E-state index contributed by atoms with van der Waals surface area (Å²) in [6.45, 7) is 1.91. The van der Waals surface area contributed by atoms with E-state index in [1.54, 1.807) is 12.1 Å². The number of nitrogens with one attached hydrogen (secondary N) is 1. The van der Waals surface area contributed by atoms with Gasteiger partial charge in [-0.1, -0.05) is 34.1 Å². The maximum absolute atomic E-state index is 12.4. The highest BCUT2D eigenvalue weighted by molar-refractivity contribution is 9.10. The van der Waals surface area contributed by atoms with Crippen LogP contribution in [0.1, 0.15) is 21.5 Å². The highest BCUT2D eigenvalue weighted by Gasteiger charge is 2.31. The average Bonchev–Trinajstić information content (AvgIpc) is 2.50. The number of hydrogen-bond donors (Lipinski definition) is 1. The van der Waals surface area contributed by atoms with Crippen LogP contribution in [0.25, 0.3) is 0 Å². The van der Waals surface area contributed by atoms with Crippen molar-refractivity contribution in [2.45, 2.75) is 19.4 Å². The van der Waals surface area contributed by atoms with Gasteiger partial charge in [-0.3, -0.25) is 4.79 Å². The van der Waals surface area contributed by atoms with Crippen LogP contribution in [-0.4, -0.2) is 18.0 Å². The van der Waals surface area contributed by atoms with Crippen LogP contribution >= 0.6 is 15.9 Å². The van der Waals surface area contributed by atoms with Gasteiger partial charge in [0.25, 0.3) is 5.91 Å². The first-order valence-electron chi connectivity index (χ1n) is 6.90. The molecule has 0 radical (unpaired) electrons. The summed E-state index contributed by atoms with van der Waals surface area (Å²) >= 11 is 3.38. The molecule has 0 aromatic heterocycles. The van der Waals surface area contributed by atoms with Crippen molar-refractivity contribution in [3.8, 4) is 0 Å². The minimum absolute atomic E-state index is 0.312. The number of hydrogen-bond acceptors (Lipinski definition) is 3. The van der Waals surface area contributed by atoms with E-state index in [0.29, 0.717) is 17.7 Å². The number of anilines is 1. The fraction of sp³-hybridized carbons (Fsp3) is 0.176. The lowest BCUT2D eigenvalue weighted by Crippen LogP contribution is -2.38. The van der Waals surface area contributed by atoms with Crippen molar-refractivity contribution in [3.63, 3.8) is 0 Å². The first-order valence-corrected chi connectivity index (χ1v) is 7.70. The first kappa shape index (κ1) is 14.8. The molecule has 0 saturated heterocycles. The van der Waals surface area contributed by atoms with Crippen LogP contribution in [0.3, 0.4) is 0 Å². The smallest absolute Gasteiger partial charge is 0.339 e. The standard InChI is InChI=1S/C17H14BrNO3/c1-10-8-12(18)6-7-14(10)19-16(20)15-9-11-4-2-3-5-13(11)17(21)22-15/h2-8,15H,9H2,1H3,(H,19,20)/t15-/m1/s1. The molecule has 0 saturated carbocycles. The number of ether oxygens (including phenoxy) is 1. The largest absolute Gasteiger partial charge is 0.448 e. The molecule has 1 aliphatic rings. The van der Waals surface area contributed by atoms with Crippen molar-refractivity contribution >= 4 is 33.5 Å². The van der Waals surface area contributed by atoms with Crippen molar-refractivity contribution in [3.05, 3.63) is 63.6 Å². The van der Waals surface area contributed by atoms with Crippen molar-refractivity contribution in [2.75, 3.05) is 5.32 Å². The third-order valence-corrected chi connectivity index (χ3v) is 4.12. The van der Waals surface area contributed by atoms with Crippen LogP contribution in [0.5, 0.6) is 0 Å². The number of amides is 1. The van der Waals surface area contributed by atoms with Gasteiger partial charge in [0.1, 0.15) is 0 Å². The lowest BCUT2D eigenvalue weighted by atomic mass is 9.98. The van der Waals surface area contributed by atoms with Crippen LogP contribution in [0.2, 0.25) is 0 Å². The topological polar surface area (TPSA) is 55.4 Å². The van der Waals surface area contributed by atoms with E-state index in [-0.39, 0.29) is 5.91 Å². The van der Waals surface area contributed by atoms with E-state index >= 15 is 0 Å². The second-order valence-corrected chi connectivity index (χ2v) is 6.12. The third kappa shape index (κ3) is 2.90. The van der Waals surface area contributed by atoms with E-state index in [1.165, 1.54) is 0 Å². The van der Waals surface area contributed by atoms with Crippen molar-refractivity contribution in [1.29, 1.82) is 0 Å². The number of benzene rings is 2. The molecule has 1 heterocycles. The molecule has 2 aromatic rings. The van der Waals surface area contributed by atoms with E-state index < -0.39 is 12.1 Å². The molecule has 1 amide bonds. The Morgan fingerprint density at radius 1 is 1.27 bits per heavy atom. The molecule has 0 bridgehead atoms. The molecule has 112 valence electrons. The molecular weight excluding hydrogens is 346 g/mol. The number of esters is 1. The van der Waals surface area contributed by atoms with Crippen LogP contribution < -0.4 is 5.32 Å². The number of carbonyl (C=O) groups excluding carboxylic acids is 2. The third-order valence-electron chi connectivity index (χ3n) is 3.63. The molecule has 0 unspecified atom stereocenters. The number of fused-ring (bicyclic) bond motifs is 1. The summed E-state index contributed by atoms with van der Waals surface area (Å²) in [6, 6.07) is 12.8. The Balaban J connectivity index is 1.78. The highest BCUT2D eigenvalue weighted by Crippen LogP contribution is 2.23. The number of carbonyl (C=O) groups is 2. The maximum atomic E-state index is 12.4. The Hall–Kier alpha value is -2.14. The summed E-state index contributed by atoms with van der Waals surface area (Å²) in [7, 11) is 0. The second-order valence-electron chi connectivity index (χ2n) is 5.20. The van der Waals surface area contributed by atoms with Gasteiger partial charge in [0.15, 0.2) is 6.10 Å². The molecule has 0 fully saturated rings. The van der Waals surface area contributed by atoms with Gasteiger partial charge >= 0.3 is 5.97 Å². The maximum Gasteiger partial charge on any atom is 0.339 e. The summed E-state index contributed by atoms with van der Waals surface area (Å²) in [6.07, 6.45) is -0.408. The zero-order valence-corrected chi connectivity index (χ0v) is 13.5. The van der Waals surface area contributed by atoms with Gasteiger partial charge in [-0.25, -0.2) is 4.79 Å². The van der Waals surface area contributed by atoms with Crippen LogP contribution in [0.4, 0.5) is 5.69 Å². The Labute approximate surface area is 136 Å². The van der Waals surface area contributed by atoms with Gasteiger partial charge in [-0.15, -0.1) is 0 Å². The zero-order valence-electron chi connectivity index (χ0n) is 11.9. The van der Waals surface area contributed by atoms with Crippen LogP contribution in [0, 0.1) is 6.92 Å². The van der Waals surface area contributed by atoms with Gasteiger partial charge in [-0.05, 0) is 42.3 Å². The number of cyclic esters (lactones) is 1. The Kier molecular flexibility index (Phi) is 3.98. The van der Waals surface area contributed by atoms with E-state index in [2.05, 4.69) is 21.2 Å². The Morgan fingerprint density at radius 2 is 2.05 bits per heavy atom. The normalized spacial score (nSPS) is 16.6. The Morgan fingerprint density at radius 3 is 2.82 bits per heavy atom. The monoisotopic (exact) mass is 359 g/mol. The van der Waals surface area contributed by atoms with Gasteiger partial charge in [0.2, 0.25) is 0 Å². The summed E-state index contributed by atoms with van der Waals surface area (Å²) < 4.78 is 6.20. The van der Waals surface area contributed by atoms with Crippen LogP contribution in [0.15, 0.2) is 46.9 Å². The van der Waals surface area contributed by atoms with Crippen LogP contribution in [-0.2, 0) is 16.0 Å². The summed E-state index contributed by atoms with van der Waals surface area (Å²) in [5.74, 6) is -0.761. The number of aryl methyl sites for hydroxylation is 1. The van der Waals surface area contributed by atoms with Crippen molar-refractivity contribution in [1.82, 2.24) is 0 Å². The minimum atomic E-state index is -0.801. The molecule has 5 heteroatoms. The van der Waals surface area contributed by atoms with Gasteiger partial charge in [0.05, 0.1) is 5.56 Å². The number of halogens is 1. The van der Waals surface area contributed by atoms with E-state index in [0.717, 1.165) is 15.6 Å². The first-order chi connectivity index (χ1) is 10.5. The lowest BCUT2D eigenvalue weighted by Gasteiger charge is -2.24. The number of rotatable bonds is 2. The molecule has 0 spiro atoms. The molecule has 1 aliphatic heterocycles. The van der Waals surface area contributed by atoms with Crippen molar-refractivity contribution < 1.29 is 14.3 Å². The second kappa shape index (κ2) is 5.93. The van der Waals surface area contributed by atoms with Gasteiger partial charge < -0.3 is 10.1 Å². The molecule has 1 atom stereocenters. The van der Waals surface area contributed by atoms with Gasteiger partial charge in [0, 0.05) is 16.6 Å². The average molecular weight is 360 g/mol. The highest BCUT2D eigenvalue weighted by atomic mass is 79.9. The molecule has 2 aromatic carbocycles. The Bertz CT molecular complexity index is 757. The summed E-state index contributed by atoms with van der Waals surface area (Å²) in [4.78, 5) is 24.3. The quantitative estimate of drug-likeness (QED) is 0.835. The molecule has 22 heavy (non-hydrogen) atoms. The summed E-state index contributed by atoms with van der Waals surface area (Å²) in [5, 5.41) is 2.82. The molecule has 0 aliphatic carbocycles. The van der Waals surface area contributed by atoms with E-state index in [4.69, 9.17) is 4.74 Å². The van der Waals surface area contributed by atoms with Crippen molar-refractivity contribution in [2.24, 2.45) is 0 Å².